The highest BCUT2D eigenvalue weighted by atomic mass is 32.2. The number of hydrogen-bond acceptors (Lipinski definition) is 7. The molecule has 1 atom stereocenters. The van der Waals surface area contributed by atoms with Gasteiger partial charge < -0.3 is 14.4 Å². The molecule has 0 amide bonds. The van der Waals surface area contributed by atoms with E-state index >= 15 is 0 Å². The maximum atomic E-state index is 10.9. The molecule has 1 N–H and O–H groups in total. The van der Waals surface area contributed by atoms with Gasteiger partial charge in [-0.15, -0.1) is 0 Å². The van der Waals surface area contributed by atoms with Crippen molar-refractivity contribution in [1.29, 1.82) is 0 Å². The fourth-order valence-electron chi connectivity index (χ4n) is 1.17. The van der Waals surface area contributed by atoms with E-state index in [0.29, 0.717) is 10.7 Å². The van der Waals surface area contributed by atoms with Gasteiger partial charge in [0.05, 0.1) is 33.7 Å². The first-order chi connectivity index (χ1) is 8.49. The number of carbonyl (C=O) groups excluding carboxylic acids is 1. The Kier molecular flexibility index (Phi) is 8.49. The highest BCUT2D eigenvalue weighted by Gasteiger charge is 2.22. The first-order valence-corrected chi connectivity index (χ1v) is 8.97. The summed E-state index contributed by atoms with van der Waals surface area (Å²) in [6, 6.07) is 0. The number of carboxylic acids is 1. The van der Waals surface area contributed by atoms with Crippen LogP contribution in [0.5, 0.6) is 0 Å². The van der Waals surface area contributed by atoms with E-state index in [1.165, 1.54) is 0 Å². The predicted molar refractivity (Wildman–Crippen MR) is 69.7 cm³/mol. The molecule has 122 valence electrons. The van der Waals surface area contributed by atoms with Crippen molar-refractivity contribution < 1.29 is 40.0 Å². The molecule has 0 fully saturated rings. The Bertz CT molecular complexity index is 495. The molecule has 0 radical (unpaired) electrons. The maximum absolute atomic E-state index is 10.9. The Labute approximate surface area is 119 Å². The maximum Gasteiger partial charge on any atom is 0.264 e. The van der Waals surface area contributed by atoms with Gasteiger partial charge in [-0.2, -0.15) is 16.8 Å². The molecule has 0 aliphatic heterocycles. The van der Waals surface area contributed by atoms with Gasteiger partial charge in [0.2, 0.25) is 0 Å². The first kappa shape index (κ1) is 21.5. The van der Waals surface area contributed by atoms with Crippen LogP contribution in [0, 0.1) is 0 Å². The van der Waals surface area contributed by atoms with Crippen LogP contribution in [0.25, 0.3) is 0 Å². The third-order valence-corrected chi connectivity index (χ3v) is 2.08. The topological polar surface area (TPSA) is 138 Å². The minimum atomic E-state index is -3.67. The summed E-state index contributed by atoms with van der Waals surface area (Å²) in [7, 11) is -1.87. The van der Waals surface area contributed by atoms with E-state index in [0.717, 1.165) is 6.26 Å². The summed E-state index contributed by atoms with van der Waals surface area (Å²) >= 11 is 0. The molecular weight excluding hydrogens is 314 g/mol. The average molecular weight is 335 g/mol. The number of likely N-dealkylation sites (N-methyl/N-ethyl adjacent to an activating group) is 1. The number of rotatable bonds is 6. The summed E-state index contributed by atoms with van der Waals surface area (Å²) < 4.78 is 52.7. The van der Waals surface area contributed by atoms with Crippen LogP contribution < -0.4 is 5.11 Å². The molecule has 11 heteroatoms. The minimum absolute atomic E-state index is 0.279. The molecule has 0 aromatic heterocycles. The lowest BCUT2D eigenvalue weighted by Crippen LogP contribution is -2.45. The van der Waals surface area contributed by atoms with E-state index < -0.39 is 38.7 Å². The largest absolute Gasteiger partial charge is 0.550 e. The summed E-state index contributed by atoms with van der Waals surface area (Å²) in [4.78, 5) is 10.4. The highest BCUT2D eigenvalue weighted by molar-refractivity contribution is 7.86. The van der Waals surface area contributed by atoms with Crippen molar-refractivity contribution in [3.63, 3.8) is 0 Å². The number of hydrogen-bond donors (Lipinski definition) is 1. The summed E-state index contributed by atoms with van der Waals surface area (Å²) in [6.45, 7) is 0.279. The molecule has 0 aliphatic rings. The SMILES string of the molecule is CS(=O)(=O)O.C[N+](C)(C)CC(CC(=O)[O-])OS(C)(=O)=O. The van der Waals surface area contributed by atoms with Crippen LogP contribution in [0.3, 0.4) is 0 Å². The Morgan fingerprint density at radius 1 is 1.20 bits per heavy atom. The number of aliphatic carboxylic acids is 1. The molecule has 1 unspecified atom stereocenters. The third-order valence-electron chi connectivity index (χ3n) is 1.46. The van der Waals surface area contributed by atoms with Crippen molar-refractivity contribution in [2.75, 3.05) is 40.2 Å². The van der Waals surface area contributed by atoms with Crippen LogP contribution in [0.1, 0.15) is 6.42 Å². The predicted octanol–water partition coefficient (Wildman–Crippen LogP) is -2.32. The number of nitrogens with zero attached hydrogens (tertiary/aromatic N) is 1. The van der Waals surface area contributed by atoms with E-state index in [1.54, 1.807) is 0 Å². The summed E-state index contributed by atoms with van der Waals surface area (Å²) in [6.07, 6.45) is 0.297. The van der Waals surface area contributed by atoms with Gasteiger partial charge in [0.1, 0.15) is 12.6 Å². The lowest BCUT2D eigenvalue weighted by atomic mass is 10.2. The highest BCUT2D eigenvalue weighted by Crippen LogP contribution is 2.07. The van der Waals surface area contributed by atoms with E-state index in [4.69, 9.17) is 4.55 Å². The van der Waals surface area contributed by atoms with E-state index in [1.807, 2.05) is 21.1 Å². The van der Waals surface area contributed by atoms with E-state index in [-0.39, 0.29) is 6.54 Å². The summed E-state index contributed by atoms with van der Waals surface area (Å²) in [5.74, 6) is -1.32. The van der Waals surface area contributed by atoms with Crippen molar-refractivity contribution in [1.82, 2.24) is 0 Å². The standard InChI is InChI=1S/C8H17NO5S.CH4O3S/c1-9(2,3)6-7(5-8(10)11)14-15(4,12)13;1-5(2,3)4/h7H,5-6H2,1-4H3;1H3,(H,2,3,4). The van der Waals surface area contributed by atoms with Crippen LogP contribution in [0.2, 0.25) is 0 Å². The zero-order chi connectivity index (χ0) is 16.8. The first-order valence-electron chi connectivity index (χ1n) is 5.30. The fourth-order valence-corrected chi connectivity index (χ4v) is 1.80. The molecule has 0 aromatic rings. The van der Waals surface area contributed by atoms with Crippen molar-refractivity contribution >= 4 is 26.2 Å². The van der Waals surface area contributed by atoms with Gasteiger partial charge in [0, 0.05) is 12.4 Å². The summed E-state index contributed by atoms with van der Waals surface area (Å²) in [5.41, 5.74) is 0. The average Bonchev–Trinajstić information content (AvgIpc) is 1.89. The van der Waals surface area contributed by atoms with Gasteiger partial charge in [-0.25, -0.2) is 0 Å². The van der Waals surface area contributed by atoms with Gasteiger partial charge in [-0.1, -0.05) is 0 Å². The van der Waals surface area contributed by atoms with Crippen LogP contribution >= 0.6 is 0 Å². The van der Waals surface area contributed by atoms with Gasteiger partial charge in [-0.05, 0) is 0 Å². The molecule has 0 aliphatic carbocycles. The molecule has 0 heterocycles. The van der Waals surface area contributed by atoms with Crippen molar-refractivity contribution in [3.8, 4) is 0 Å². The van der Waals surface area contributed by atoms with Crippen molar-refractivity contribution in [3.05, 3.63) is 0 Å². The van der Waals surface area contributed by atoms with Gasteiger partial charge in [0.15, 0.2) is 0 Å². The monoisotopic (exact) mass is 335 g/mol. The number of carbonyl (C=O) groups is 1. The molecule has 9 nitrogen and oxygen atoms in total. The van der Waals surface area contributed by atoms with Crippen molar-refractivity contribution in [2.24, 2.45) is 0 Å². The molecule has 20 heavy (non-hydrogen) atoms. The fraction of sp³-hybridized carbons (Fsp3) is 0.889. The van der Waals surface area contributed by atoms with Crippen LogP contribution in [-0.2, 0) is 29.2 Å². The van der Waals surface area contributed by atoms with E-state index in [9.17, 15) is 26.7 Å². The Hall–Kier alpha value is -0.750. The molecule has 0 saturated heterocycles. The van der Waals surface area contributed by atoms with E-state index in [2.05, 4.69) is 4.18 Å². The number of quaternary nitrogens is 1. The van der Waals surface area contributed by atoms with Crippen LogP contribution in [0.4, 0.5) is 0 Å². The third kappa shape index (κ3) is 25.9. The van der Waals surface area contributed by atoms with Gasteiger partial charge in [-0.3, -0.25) is 8.74 Å². The Morgan fingerprint density at radius 3 is 1.75 bits per heavy atom. The van der Waals surface area contributed by atoms with Crippen LogP contribution in [-0.4, -0.2) is 78.1 Å². The molecule has 0 spiro atoms. The van der Waals surface area contributed by atoms with Crippen molar-refractivity contribution in [2.45, 2.75) is 12.5 Å². The Balaban J connectivity index is 0. The molecule has 0 rings (SSSR count). The molecular formula is C9H21NO8S2. The zero-order valence-electron chi connectivity index (χ0n) is 12.1. The lowest BCUT2D eigenvalue weighted by Gasteiger charge is -2.28. The number of carboxylic acid groups (broad SMARTS) is 1. The molecule has 0 aromatic carbocycles. The van der Waals surface area contributed by atoms with Gasteiger partial charge >= 0.3 is 0 Å². The summed E-state index contributed by atoms with van der Waals surface area (Å²) in [5, 5.41) is 10.4. The smallest absolute Gasteiger partial charge is 0.264 e. The Morgan fingerprint density at radius 2 is 1.55 bits per heavy atom. The van der Waals surface area contributed by atoms with Gasteiger partial charge in [0.25, 0.3) is 20.2 Å². The lowest BCUT2D eigenvalue weighted by molar-refractivity contribution is -0.873. The molecule has 0 saturated carbocycles. The normalized spacial score (nSPS) is 14.1. The van der Waals surface area contributed by atoms with Crippen LogP contribution in [0.15, 0.2) is 0 Å². The minimum Gasteiger partial charge on any atom is -0.550 e. The second-order valence-corrected chi connectivity index (χ2v) is 8.27. The molecule has 0 bridgehead atoms. The quantitative estimate of drug-likeness (QED) is 0.324. The zero-order valence-corrected chi connectivity index (χ0v) is 13.7. The second kappa shape index (κ2) is 7.88. The second-order valence-electron chi connectivity index (χ2n) is 5.20.